The molecule has 1 N–H and O–H groups in total. The largest absolute Gasteiger partial charge is 0.496 e. The number of carbonyl (C=O) groups excluding carboxylic acids is 2. The number of carbonyl (C=O) groups is 2. The molecule has 1 aliphatic heterocycles. The number of hydrogen-bond acceptors (Lipinski definition) is 5. The van der Waals surface area contributed by atoms with E-state index < -0.39 is 11.8 Å². The van der Waals surface area contributed by atoms with Crippen LogP contribution in [0.1, 0.15) is 5.56 Å². The molecule has 0 radical (unpaired) electrons. The molecule has 0 bridgehead atoms. The van der Waals surface area contributed by atoms with Crippen LogP contribution in [0.15, 0.2) is 42.0 Å². The lowest BCUT2D eigenvalue weighted by atomic mass is 10.00. The van der Waals surface area contributed by atoms with Crippen LogP contribution < -0.4 is 10.1 Å². The lowest BCUT2D eigenvalue weighted by Crippen LogP contribution is -2.54. The van der Waals surface area contributed by atoms with Gasteiger partial charge < -0.3 is 9.47 Å². The van der Waals surface area contributed by atoms with Crippen LogP contribution in [-0.4, -0.2) is 49.2 Å². The van der Waals surface area contributed by atoms with Crippen LogP contribution in [0.5, 0.6) is 5.75 Å². The smallest absolute Gasteiger partial charge is 0.265 e. The fourth-order valence-corrected chi connectivity index (χ4v) is 3.09. The molecule has 0 spiro atoms. The number of nitrogens with zero attached hydrogens (tertiary/aromatic N) is 1. The normalized spacial score (nSPS) is 16.3. The number of benzene rings is 2. The van der Waals surface area contributed by atoms with Crippen molar-refractivity contribution in [3.05, 3.63) is 47.5 Å². The molecule has 134 valence electrons. The van der Waals surface area contributed by atoms with E-state index in [0.29, 0.717) is 17.9 Å². The van der Waals surface area contributed by atoms with Gasteiger partial charge in [0, 0.05) is 12.7 Å². The number of thiocarbonyl (C=S) groups is 1. The van der Waals surface area contributed by atoms with Gasteiger partial charge in [0.2, 0.25) is 0 Å². The summed E-state index contributed by atoms with van der Waals surface area (Å²) in [7, 11) is 3.09. The highest BCUT2D eigenvalue weighted by molar-refractivity contribution is 7.80. The fraction of sp³-hybridized carbons (Fsp3) is 0.211. The molecule has 0 aliphatic carbocycles. The summed E-state index contributed by atoms with van der Waals surface area (Å²) in [5, 5.41) is 4.51. The first-order chi connectivity index (χ1) is 12.6. The maximum atomic E-state index is 12.8. The highest BCUT2D eigenvalue weighted by atomic mass is 32.1. The molecule has 2 aromatic carbocycles. The Balaban J connectivity index is 2.11. The maximum Gasteiger partial charge on any atom is 0.265 e. The van der Waals surface area contributed by atoms with Gasteiger partial charge in [-0.1, -0.05) is 30.3 Å². The van der Waals surface area contributed by atoms with Crippen LogP contribution in [0.25, 0.3) is 16.8 Å². The number of methoxy groups -OCH3 is 2. The van der Waals surface area contributed by atoms with Crippen molar-refractivity contribution in [1.29, 1.82) is 0 Å². The molecule has 7 heteroatoms. The molecule has 26 heavy (non-hydrogen) atoms. The number of ether oxygens (including phenoxy) is 2. The average Bonchev–Trinajstić information content (AvgIpc) is 2.64. The van der Waals surface area contributed by atoms with Crippen molar-refractivity contribution in [3.8, 4) is 5.75 Å². The molecule has 0 aromatic heterocycles. The Bertz CT molecular complexity index is 923. The number of amides is 2. The van der Waals surface area contributed by atoms with Gasteiger partial charge in [0.05, 0.1) is 20.3 Å². The predicted molar refractivity (Wildman–Crippen MR) is 103 cm³/mol. The third-order valence-electron chi connectivity index (χ3n) is 4.14. The summed E-state index contributed by atoms with van der Waals surface area (Å²) in [6, 6.07) is 11.4. The van der Waals surface area contributed by atoms with E-state index in [1.807, 2.05) is 36.4 Å². The second-order valence-corrected chi connectivity index (χ2v) is 6.06. The quantitative estimate of drug-likeness (QED) is 0.496. The van der Waals surface area contributed by atoms with Crippen molar-refractivity contribution in [2.75, 3.05) is 27.4 Å². The zero-order valence-corrected chi connectivity index (χ0v) is 15.3. The molecule has 1 fully saturated rings. The topological polar surface area (TPSA) is 67.9 Å². The van der Waals surface area contributed by atoms with E-state index in [4.69, 9.17) is 21.7 Å². The van der Waals surface area contributed by atoms with E-state index >= 15 is 0 Å². The first-order valence-electron chi connectivity index (χ1n) is 8.00. The van der Waals surface area contributed by atoms with Gasteiger partial charge in [-0.2, -0.15) is 0 Å². The highest BCUT2D eigenvalue weighted by Crippen LogP contribution is 2.30. The Kier molecular flexibility index (Phi) is 5.29. The Morgan fingerprint density at radius 3 is 2.65 bits per heavy atom. The molecule has 0 saturated carbocycles. The molecule has 2 amide bonds. The van der Waals surface area contributed by atoms with Crippen LogP contribution in [0.3, 0.4) is 0 Å². The van der Waals surface area contributed by atoms with Gasteiger partial charge in [-0.3, -0.25) is 19.8 Å². The number of nitrogens with one attached hydrogen (secondary N) is 1. The Morgan fingerprint density at radius 1 is 1.15 bits per heavy atom. The molecule has 1 aliphatic rings. The average molecular weight is 370 g/mol. The van der Waals surface area contributed by atoms with Crippen LogP contribution in [0.2, 0.25) is 0 Å². The molecule has 1 saturated heterocycles. The maximum absolute atomic E-state index is 12.8. The van der Waals surface area contributed by atoms with E-state index in [1.165, 1.54) is 12.0 Å². The third-order valence-corrected chi connectivity index (χ3v) is 4.47. The summed E-state index contributed by atoms with van der Waals surface area (Å²) in [5.41, 5.74) is 0.674. The van der Waals surface area contributed by atoms with E-state index in [0.717, 1.165) is 10.8 Å². The number of rotatable bonds is 5. The molecule has 3 rings (SSSR count). The second-order valence-electron chi connectivity index (χ2n) is 5.67. The van der Waals surface area contributed by atoms with Crippen molar-refractivity contribution in [1.82, 2.24) is 10.2 Å². The molecular weight excluding hydrogens is 352 g/mol. The van der Waals surface area contributed by atoms with Gasteiger partial charge in [0.15, 0.2) is 5.11 Å². The van der Waals surface area contributed by atoms with Crippen LogP contribution in [0, 0.1) is 0 Å². The second kappa shape index (κ2) is 7.63. The van der Waals surface area contributed by atoms with Crippen LogP contribution in [0.4, 0.5) is 0 Å². The summed E-state index contributed by atoms with van der Waals surface area (Å²) < 4.78 is 10.4. The summed E-state index contributed by atoms with van der Waals surface area (Å²) in [5.74, 6) is -0.400. The van der Waals surface area contributed by atoms with E-state index in [2.05, 4.69) is 5.32 Å². The van der Waals surface area contributed by atoms with Crippen molar-refractivity contribution >= 4 is 46.0 Å². The van der Waals surface area contributed by atoms with Gasteiger partial charge in [-0.15, -0.1) is 0 Å². The highest BCUT2D eigenvalue weighted by Gasteiger charge is 2.33. The lowest BCUT2D eigenvalue weighted by Gasteiger charge is -2.28. The van der Waals surface area contributed by atoms with E-state index in [-0.39, 0.29) is 17.2 Å². The molecular formula is C19H18N2O4S. The summed E-state index contributed by atoms with van der Waals surface area (Å²) in [4.78, 5) is 26.5. The predicted octanol–water partition coefficient (Wildman–Crippen LogP) is 2.12. The molecule has 0 atom stereocenters. The first-order valence-corrected chi connectivity index (χ1v) is 8.41. The Hall–Kier alpha value is -2.77. The molecule has 1 heterocycles. The minimum atomic E-state index is -0.524. The van der Waals surface area contributed by atoms with E-state index in [9.17, 15) is 9.59 Å². The summed E-state index contributed by atoms with van der Waals surface area (Å²) >= 11 is 5.10. The van der Waals surface area contributed by atoms with Gasteiger partial charge >= 0.3 is 0 Å². The minimum Gasteiger partial charge on any atom is -0.496 e. The SMILES string of the molecule is COCCN1C(=O)C(=Cc2c(OC)ccc3ccccc23)C(=O)NC1=S. The summed E-state index contributed by atoms with van der Waals surface area (Å²) in [6.45, 7) is 0.574. The Morgan fingerprint density at radius 2 is 1.92 bits per heavy atom. The molecule has 0 unspecified atom stereocenters. The van der Waals surface area contributed by atoms with Crippen LogP contribution in [-0.2, 0) is 14.3 Å². The summed E-state index contributed by atoms with van der Waals surface area (Å²) in [6.07, 6.45) is 1.56. The molecule has 2 aromatic rings. The van der Waals surface area contributed by atoms with Gasteiger partial charge in [-0.25, -0.2) is 0 Å². The van der Waals surface area contributed by atoms with Gasteiger partial charge in [0.1, 0.15) is 11.3 Å². The first kappa shape index (κ1) is 18.0. The zero-order chi connectivity index (χ0) is 18.7. The van der Waals surface area contributed by atoms with Crippen molar-refractivity contribution in [3.63, 3.8) is 0 Å². The lowest BCUT2D eigenvalue weighted by molar-refractivity contribution is -0.129. The number of hydrogen-bond donors (Lipinski definition) is 1. The van der Waals surface area contributed by atoms with Gasteiger partial charge in [-0.05, 0) is 35.1 Å². The third kappa shape index (κ3) is 3.31. The van der Waals surface area contributed by atoms with Crippen molar-refractivity contribution in [2.24, 2.45) is 0 Å². The molecule has 6 nitrogen and oxygen atoms in total. The van der Waals surface area contributed by atoms with Crippen molar-refractivity contribution in [2.45, 2.75) is 0 Å². The van der Waals surface area contributed by atoms with E-state index in [1.54, 1.807) is 13.2 Å². The standard InChI is InChI=1S/C19H18N2O4S/c1-24-10-9-21-18(23)15(17(22)20-19(21)26)11-14-13-6-4-3-5-12(13)7-8-16(14)25-2/h3-8,11H,9-10H2,1-2H3,(H,20,22,26). The monoisotopic (exact) mass is 370 g/mol. The van der Waals surface area contributed by atoms with Crippen molar-refractivity contribution < 1.29 is 19.1 Å². The van der Waals surface area contributed by atoms with Gasteiger partial charge in [0.25, 0.3) is 11.8 Å². The van der Waals surface area contributed by atoms with Crippen LogP contribution >= 0.6 is 12.2 Å². The fourth-order valence-electron chi connectivity index (χ4n) is 2.83. The number of fused-ring (bicyclic) bond motifs is 1. The zero-order valence-electron chi connectivity index (χ0n) is 14.4. The Labute approximate surface area is 156 Å². The minimum absolute atomic E-state index is 0.00403.